The molecule has 1 N–H and O–H groups in total. The summed E-state index contributed by atoms with van der Waals surface area (Å²) in [6.07, 6.45) is 7.45. The van der Waals surface area contributed by atoms with Gasteiger partial charge in [-0.25, -0.2) is 4.68 Å². The summed E-state index contributed by atoms with van der Waals surface area (Å²) in [5.74, 6) is 0.864. The van der Waals surface area contributed by atoms with Crippen LogP contribution in [0.1, 0.15) is 25.3 Å². The van der Waals surface area contributed by atoms with Crippen molar-refractivity contribution in [2.45, 2.75) is 26.2 Å². The second-order valence-corrected chi connectivity index (χ2v) is 4.84. The van der Waals surface area contributed by atoms with Crippen LogP contribution in [0.25, 0.3) is 5.69 Å². The first-order chi connectivity index (χ1) is 9.83. The normalized spacial score (nSPS) is 10.7. The van der Waals surface area contributed by atoms with Gasteiger partial charge in [-0.3, -0.25) is 0 Å². The summed E-state index contributed by atoms with van der Waals surface area (Å²) < 4.78 is 7.07. The fourth-order valence-electron chi connectivity index (χ4n) is 2.08. The summed E-state index contributed by atoms with van der Waals surface area (Å²) in [6.45, 7) is 4.36. The van der Waals surface area contributed by atoms with Crippen molar-refractivity contribution in [2.75, 3.05) is 20.2 Å². The van der Waals surface area contributed by atoms with Crippen molar-refractivity contribution in [1.82, 2.24) is 15.1 Å². The zero-order valence-corrected chi connectivity index (χ0v) is 12.3. The number of ether oxygens (including phenoxy) is 1. The van der Waals surface area contributed by atoms with Crippen LogP contribution in [0, 0.1) is 0 Å². The summed E-state index contributed by atoms with van der Waals surface area (Å²) >= 11 is 0. The van der Waals surface area contributed by atoms with Crippen LogP contribution >= 0.6 is 0 Å². The highest BCUT2D eigenvalue weighted by atomic mass is 16.5. The molecule has 0 radical (unpaired) electrons. The molecule has 0 aliphatic heterocycles. The van der Waals surface area contributed by atoms with Crippen molar-refractivity contribution >= 4 is 0 Å². The first-order valence-corrected chi connectivity index (χ1v) is 7.22. The number of aromatic nitrogens is 2. The van der Waals surface area contributed by atoms with E-state index in [1.54, 1.807) is 7.11 Å². The number of hydrogen-bond donors (Lipinski definition) is 1. The minimum Gasteiger partial charge on any atom is -0.497 e. The lowest BCUT2D eigenvalue weighted by Crippen LogP contribution is -2.16. The molecule has 0 atom stereocenters. The number of benzene rings is 1. The number of nitrogens with zero attached hydrogens (tertiary/aromatic N) is 2. The molecule has 2 rings (SSSR count). The highest BCUT2D eigenvalue weighted by Crippen LogP contribution is 2.15. The highest BCUT2D eigenvalue weighted by Gasteiger charge is 2.01. The zero-order chi connectivity index (χ0) is 14.2. The largest absolute Gasteiger partial charge is 0.497 e. The lowest BCUT2D eigenvalue weighted by Gasteiger charge is -2.03. The maximum atomic E-state index is 5.16. The number of methoxy groups -OCH3 is 1. The minimum atomic E-state index is 0.864. The minimum absolute atomic E-state index is 0.864. The molecule has 0 fully saturated rings. The van der Waals surface area contributed by atoms with Crippen LogP contribution in [-0.2, 0) is 6.42 Å². The van der Waals surface area contributed by atoms with E-state index in [-0.39, 0.29) is 0 Å². The Bertz CT molecular complexity index is 505. The summed E-state index contributed by atoms with van der Waals surface area (Å²) in [7, 11) is 1.67. The Morgan fingerprint density at radius 3 is 2.70 bits per heavy atom. The highest BCUT2D eigenvalue weighted by molar-refractivity contribution is 5.37. The van der Waals surface area contributed by atoms with Gasteiger partial charge >= 0.3 is 0 Å². The molecule has 0 aliphatic carbocycles. The maximum Gasteiger partial charge on any atom is 0.119 e. The van der Waals surface area contributed by atoms with Gasteiger partial charge in [0, 0.05) is 6.20 Å². The molecule has 1 aromatic heterocycles. The van der Waals surface area contributed by atoms with Gasteiger partial charge in [0.2, 0.25) is 0 Å². The Kier molecular flexibility index (Phi) is 5.62. The van der Waals surface area contributed by atoms with Gasteiger partial charge in [-0.15, -0.1) is 0 Å². The van der Waals surface area contributed by atoms with Crippen molar-refractivity contribution in [2.24, 2.45) is 0 Å². The van der Waals surface area contributed by atoms with Crippen molar-refractivity contribution in [3.63, 3.8) is 0 Å². The van der Waals surface area contributed by atoms with Crippen molar-refractivity contribution < 1.29 is 4.74 Å². The number of nitrogens with one attached hydrogen (secondary N) is 1. The zero-order valence-electron chi connectivity index (χ0n) is 12.3. The summed E-state index contributed by atoms with van der Waals surface area (Å²) in [6, 6.07) is 7.92. The van der Waals surface area contributed by atoms with E-state index in [0.29, 0.717) is 0 Å². The van der Waals surface area contributed by atoms with Crippen LogP contribution in [0.15, 0.2) is 36.7 Å². The first kappa shape index (κ1) is 14.6. The molecule has 0 amide bonds. The molecule has 2 aromatic rings. The molecule has 1 heterocycles. The third-order valence-corrected chi connectivity index (χ3v) is 3.22. The van der Waals surface area contributed by atoms with Gasteiger partial charge in [0.05, 0.1) is 19.0 Å². The number of rotatable bonds is 8. The van der Waals surface area contributed by atoms with Gasteiger partial charge in [-0.1, -0.05) is 6.92 Å². The van der Waals surface area contributed by atoms with Gasteiger partial charge in [-0.05, 0) is 62.2 Å². The summed E-state index contributed by atoms with van der Waals surface area (Å²) in [4.78, 5) is 0. The van der Waals surface area contributed by atoms with Crippen LogP contribution in [-0.4, -0.2) is 30.0 Å². The smallest absolute Gasteiger partial charge is 0.119 e. The Balaban J connectivity index is 1.87. The van der Waals surface area contributed by atoms with Gasteiger partial charge in [0.15, 0.2) is 0 Å². The lowest BCUT2D eigenvalue weighted by molar-refractivity contribution is 0.414. The van der Waals surface area contributed by atoms with E-state index in [2.05, 4.69) is 23.5 Å². The molecule has 20 heavy (non-hydrogen) atoms. The standard InChI is InChI=1S/C16H23N3O/c1-3-10-17-11-4-5-14-12-18-19(13-14)15-6-8-16(20-2)9-7-15/h6-9,12-13,17H,3-5,10-11H2,1-2H3. The fraction of sp³-hybridized carbons (Fsp3) is 0.438. The Morgan fingerprint density at radius 2 is 2.00 bits per heavy atom. The molecule has 0 unspecified atom stereocenters. The van der Waals surface area contributed by atoms with Crippen molar-refractivity contribution in [1.29, 1.82) is 0 Å². The van der Waals surface area contributed by atoms with E-state index in [1.807, 2.05) is 35.1 Å². The Morgan fingerprint density at radius 1 is 1.20 bits per heavy atom. The molecule has 0 bridgehead atoms. The molecular formula is C16H23N3O. The van der Waals surface area contributed by atoms with E-state index in [9.17, 15) is 0 Å². The molecule has 4 heteroatoms. The number of hydrogen-bond acceptors (Lipinski definition) is 3. The van der Waals surface area contributed by atoms with Crippen molar-refractivity contribution in [3.05, 3.63) is 42.2 Å². The van der Waals surface area contributed by atoms with Crippen LogP contribution in [0.2, 0.25) is 0 Å². The third kappa shape index (κ3) is 4.10. The van der Waals surface area contributed by atoms with Crippen LogP contribution in [0.4, 0.5) is 0 Å². The Labute approximate surface area is 120 Å². The average Bonchev–Trinajstić information content (AvgIpc) is 2.96. The third-order valence-electron chi connectivity index (χ3n) is 3.22. The van der Waals surface area contributed by atoms with E-state index < -0.39 is 0 Å². The van der Waals surface area contributed by atoms with E-state index >= 15 is 0 Å². The second kappa shape index (κ2) is 7.70. The predicted molar refractivity (Wildman–Crippen MR) is 81.6 cm³/mol. The van der Waals surface area contributed by atoms with Gasteiger partial charge in [0.1, 0.15) is 5.75 Å². The molecule has 108 valence electrons. The molecule has 4 nitrogen and oxygen atoms in total. The molecule has 0 spiro atoms. The van der Waals surface area contributed by atoms with E-state index in [4.69, 9.17) is 4.74 Å². The monoisotopic (exact) mass is 273 g/mol. The molecule has 0 aliphatic rings. The summed E-state index contributed by atoms with van der Waals surface area (Å²) in [5.41, 5.74) is 2.33. The lowest BCUT2D eigenvalue weighted by atomic mass is 10.2. The molecule has 1 aromatic carbocycles. The van der Waals surface area contributed by atoms with E-state index in [1.165, 1.54) is 12.0 Å². The van der Waals surface area contributed by atoms with Gasteiger partial charge in [-0.2, -0.15) is 5.10 Å². The van der Waals surface area contributed by atoms with Gasteiger partial charge in [0.25, 0.3) is 0 Å². The Hall–Kier alpha value is -1.81. The van der Waals surface area contributed by atoms with Crippen LogP contribution < -0.4 is 10.1 Å². The predicted octanol–water partition coefficient (Wildman–Crippen LogP) is 2.81. The maximum absolute atomic E-state index is 5.16. The first-order valence-electron chi connectivity index (χ1n) is 7.22. The fourth-order valence-corrected chi connectivity index (χ4v) is 2.08. The quantitative estimate of drug-likeness (QED) is 0.752. The summed E-state index contributed by atoms with van der Waals surface area (Å²) in [5, 5.41) is 7.83. The topological polar surface area (TPSA) is 39.1 Å². The second-order valence-electron chi connectivity index (χ2n) is 4.84. The van der Waals surface area contributed by atoms with Crippen molar-refractivity contribution in [3.8, 4) is 11.4 Å². The van der Waals surface area contributed by atoms with E-state index in [0.717, 1.165) is 37.4 Å². The number of aryl methyl sites for hydroxylation is 1. The molecule has 0 saturated carbocycles. The van der Waals surface area contributed by atoms with Crippen LogP contribution in [0.5, 0.6) is 5.75 Å². The molecular weight excluding hydrogens is 250 g/mol. The average molecular weight is 273 g/mol. The van der Waals surface area contributed by atoms with Gasteiger partial charge < -0.3 is 10.1 Å². The van der Waals surface area contributed by atoms with Crippen LogP contribution in [0.3, 0.4) is 0 Å². The molecule has 0 saturated heterocycles. The SMILES string of the molecule is CCCNCCCc1cnn(-c2ccc(OC)cc2)c1.